The van der Waals surface area contributed by atoms with Gasteiger partial charge in [0.25, 0.3) is 0 Å². The molecular weight excluding hydrogens is 244 g/mol. The number of carbonyl (C=O) groups excluding carboxylic acids is 2. The Morgan fingerprint density at radius 1 is 1.24 bits per heavy atom. The maximum atomic E-state index is 11.7. The number of esters is 1. The number of aromatic nitrogens is 2. The van der Waals surface area contributed by atoms with Gasteiger partial charge in [0.1, 0.15) is 12.1 Å². The molecule has 1 aromatic rings. The third kappa shape index (κ3) is 3.49. The first kappa shape index (κ1) is 13.6. The lowest BCUT2D eigenvalue weighted by Gasteiger charge is -2.05. The van der Waals surface area contributed by atoms with Crippen LogP contribution in [0.1, 0.15) is 35.2 Å². The Hall–Kier alpha value is -1.49. The van der Waals surface area contributed by atoms with Crippen LogP contribution >= 0.6 is 11.6 Å². The third-order valence-electron chi connectivity index (χ3n) is 2.14. The molecule has 92 valence electrons. The van der Waals surface area contributed by atoms with Crippen LogP contribution in [-0.4, -0.2) is 28.3 Å². The molecule has 5 nitrogen and oxygen atoms in total. The molecule has 17 heavy (non-hydrogen) atoms. The minimum atomic E-state index is -0.589. The molecule has 0 fully saturated rings. The lowest BCUT2D eigenvalue weighted by atomic mass is 10.2. The second kappa shape index (κ2) is 5.72. The standard InChI is InChI=1S/C11H13ClN2O3/c1-4-17-9(16)5-8(15)10-11(12)14-7(3)6(2)13-10/h4-5H2,1-3H3. The number of hydrogen-bond donors (Lipinski definition) is 0. The summed E-state index contributed by atoms with van der Waals surface area (Å²) < 4.78 is 4.68. The van der Waals surface area contributed by atoms with Crippen molar-refractivity contribution in [3.63, 3.8) is 0 Å². The van der Waals surface area contributed by atoms with Crippen LogP contribution in [0.2, 0.25) is 5.15 Å². The summed E-state index contributed by atoms with van der Waals surface area (Å²) in [6.07, 6.45) is -0.370. The molecule has 0 atom stereocenters. The average Bonchev–Trinajstić information content (AvgIpc) is 2.23. The van der Waals surface area contributed by atoms with Crippen LogP contribution in [0.15, 0.2) is 0 Å². The predicted octanol–water partition coefficient (Wildman–Crippen LogP) is 1.88. The number of hydrogen-bond acceptors (Lipinski definition) is 5. The molecule has 1 rings (SSSR count). The molecule has 1 aromatic heterocycles. The Morgan fingerprint density at radius 2 is 1.82 bits per heavy atom. The zero-order valence-corrected chi connectivity index (χ0v) is 10.7. The van der Waals surface area contributed by atoms with Gasteiger partial charge in [0.05, 0.1) is 18.0 Å². The topological polar surface area (TPSA) is 69.2 Å². The molecule has 0 bridgehead atoms. The SMILES string of the molecule is CCOC(=O)CC(=O)c1nc(C)c(C)nc1Cl. The monoisotopic (exact) mass is 256 g/mol. The van der Waals surface area contributed by atoms with Gasteiger partial charge >= 0.3 is 5.97 Å². The lowest BCUT2D eigenvalue weighted by Crippen LogP contribution is -2.14. The van der Waals surface area contributed by atoms with E-state index in [4.69, 9.17) is 11.6 Å². The molecule has 0 aliphatic rings. The predicted molar refractivity (Wildman–Crippen MR) is 62.1 cm³/mol. The maximum absolute atomic E-state index is 11.7. The molecule has 1 heterocycles. The molecule has 6 heteroatoms. The zero-order valence-electron chi connectivity index (χ0n) is 9.91. The van der Waals surface area contributed by atoms with Gasteiger partial charge in [-0.2, -0.15) is 0 Å². The highest BCUT2D eigenvalue weighted by molar-refractivity contribution is 6.32. The van der Waals surface area contributed by atoms with Gasteiger partial charge in [0.15, 0.2) is 10.9 Å². The van der Waals surface area contributed by atoms with Gasteiger partial charge in [0, 0.05) is 0 Å². The van der Waals surface area contributed by atoms with E-state index in [2.05, 4.69) is 14.7 Å². The Bertz CT molecular complexity index is 460. The summed E-state index contributed by atoms with van der Waals surface area (Å²) >= 11 is 5.81. The Balaban J connectivity index is 2.89. The van der Waals surface area contributed by atoms with E-state index in [0.29, 0.717) is 11.4 Å². The molecule has 0 aromatic carbocycles. The highest BCUT2D eigenvalue weighted by Crippen LogP contribution is 2.15. The van der Waals surface area contributed by atoms with E-state index < -0.39 is 11.8 Å². The highest BCUT2D eigenvalue weighted by atomic mass is 35.5. The van der Waals surface area contributed by atoms with Crippen LogP contribution in [0.25, 0.3) is 0 Å². The molecular formula is C11H13ClN2O3. The summed E-state index contributed by atoms with van der Waals surface area (Å²) in [7, 11) is 0. The number of Topliss-reactive ketones (excluding diaryl/α,β-unsaturated/α-hetero) is 1. The molecule has 0 N–H and O–H groups in total. The number of aryl methyl sites for hydroxylation is 2. The molecule has 0 amide bonds. The summed E-state index contributed by atoms with van der Waals surface area (Å²) in [5.74, 6) is -1.07. The first-order valence-corrected chi connectivity index (χ1v) is 5.53. The first-order valence-electron chi connectivity index (χ1n) is 5.15. The van der Waals surface area contributed by atoms with Crippen LogP contribution in [0.4, 0.5) is 0 Å². The van der Waals surface area contributed by atoms with Gasteiger partial charge in [-0.05, 0) is 20.8 Å². The van der Waals surface area contributed by atoms with E-state index in [0.717, 1.165) is 0 Å². The zero-order chi connectivity index (χ0) is 13.0. The van der Waals surface area contributed by atoms with Crippen molar-refractivity contribution in [3.8, 4) is 0 Å². The second-order valence-corrected chi connectivity index (χ2v) is 3.80. The molecule has 0 radical (unpaired) electrons. The van der Waals surface area contributed by atoms with Crippen LogP contribution in [0, 0.1) is 13.8 Å². The summed E-state index contributed by atoms with van der Waals surface area (Å²) in [4.78, 5) is 30.9. The smallest absolute Gasteiger partial charge is 0.313 e. The molecule has 0 unspecified atom stereocenters. The van der Waals surface area contributed by atoms with Crippen molar-refractivity contribution in [1.82, 2.24) is 9.97 Å². The van der Waals surface area contributed by atoms with Crippen molar-refractivity contribution in [2.45, 2.75) is 27.2 Å². The summed E-state index contributed by atoms with van der Waals surface area (Å²) in [6, 6.07) is 0. The Morgan fingerprint density at radius 3 is 2.41 bits per heavy atom. The molecule has 0 aliphatic heterocycles. The van der Waals surface area contributed by atoms with E-state index in [1.807, 2.05) is 0 Å². The van der Waals surface area contributed by atoms with E-state index in [-0.39, 0.29) is 23.9 Å². The molecule has 0 aliphatic carbocycles. The largest absolute Gasteiger partial charge is 0.466 e. The van der Waals surface area contributed by atoms with Gasteiger partial charge in [-0.25, -0.2) is 9.97 Å². The quantitative estimate of drug-likeness (QED) is 0.467. The first-order chi connectivity index (χ1) is 7.95. The molecule has 0 saturated heterocycles. The molecule has 0 spiro atoms. The second-order valence-electron chi connectivity index (χ2n) is 3.44. The van der Waals surface area contributed by atoms with Crippen molar-refractivity contribution in [1.29, 1.82) is 0 Å². The lowest BCUT2D eigenvalue weighted by molar-refractivity contribution is -0.141. The van der Waals surface area contributed by atoms with Crippen molar-refractivity contribution in [2.24, 2.45) is 0 Å². The van der Waals surface area contributed by atoms with Crippen molar-refractivity contribution < 1.29 is 14.3 Å². The number of ether oxygens (including phenoxy) is 1. The van der Waals surface area contributed by atoms with E-state index in [1.165, 1.54) is 0 Å². The Kier molecular flexibility index (Phi) is 4.57. The molecule has 0 saturated carbocycles. The van der Waals surface area contributed by atoms with Crippen molar-refractivity contribution in [2.75, 3.05) is 6.61 Å². The van der Waals surface area contributed by atoms with Crippen LogP contribution in [0.3, 0.4) is 0 Å². The minimum absolute atomic E-state index is 0.0161. The van der Waals surface area contributed by atoms with Crippen LogP contribution in [0.5, 0.6) is 0 Å². The maximum Gasteiger partial charge on any atom is 0.313 e. The van der Waals surface area contributed by atoms with Gasteiger partial charge < -0.3 is 4.74 Å². The number of rotatable bonds is 4. The van der Waals surface area contributed by atoms with E-state index in [1.54, 1.807) is 20.8 Å². The fourth-order valence-corrected chi connectivity index (χ4v) is 1.45. The fourth-order valence-electron chi connectivity index (χ4n) is 1.18. The summed E-state index contributed by atoms with van der Waals surface area (Å²) in [5.41, 5.74) is 1.28. The van der Waals surface area contributed by atoms with Crippen LogP contribution < -0.4 is 0 Å². The number of carbonyl (C=O) groups is 2. The van der Waals surface area contributed by atoms with Crippen molar-refractivity contribution >= 4 is 23.4 Å². The summed E-state index contributed by atoms with van der Waals surface area (Å²) in [5, 5.41) is 0.0161. The highest BCUT2D eigenvalue weighted by Gasteiger charge is 2.19. The fraction of sp³-hybridized carbons (Fsp3) is 0.455. The number of nitrogens with zero attached hydrogens (tertiary/aromatic N) is 2. The summed E-state index contributed by atoms with van der Waals surface area (Å²) in [6.45, 7) is 5.37. The Labute approximate surface area is 104 Å². The van der Waals surface area contributed by atoms with E-state index in [9.17, 15) is 9.59 Å². The van der Waals surface area contributed by atoms with Gasteiger partial charge in [-0.3, -0.25) is 9.59 Å². The van der Waals surface area contributed by atoms with Crippen LogP contribution in [-0.2, 0) is 9.53 Å². The van der Waals surface area contributed by atoms with Gasteiger partial charge in [-0.1, -0.05) is 11.6 Å². The number of ketones is 1. The normalized spacial score (nSPS) is 10.1. The third-order valence-corrected chi connectivity index (χ3v) is 2.40. The minimum Gasteiger partial charge on any atom is -0.466 e. The number of halogens is 1. The average molecular weight is 257 g/mol. The van der Waals surface area contributed by atoms with Gasteiger partial charge in [0.2, 0.25) is 0 Å². The van der Waals surface area contributed by atoms with E-state index >= 15 is 0 Å². The van der Waals surface area contributed by atoms with Gasteiger partial charge in [-0.15, -0.1) is 0 Å². The van der Waals surface area contributed by atoms with Crippen molar-refractivity contribution in [3.05, 3.63) is 22.2 Å².